The van der Waals surface area contributed by atoms with E-state index in [1.807, 2.05) is 0 Å². The van der Waals surface area contributed by atoms with Crippen LogP contribution < -0.4 is 5.32 Å². The topological polar surface area (TPSA) is 125 Å². The molecule has 0 spiro atoms. The molecule has 0 fully saturated rings. The van der Waals surface area contributed by atoms with E-state index in [-0.39, 0.29) is 17.9 Å². The Hall–Kier alpha value is -1.83. The van der Waals surface area contributed by atoms with Crippen LogP contribution in [0.2, 0.25) is 0 Å². The lowest BCUT2D eigenvalue weighted by Gasteiger charge is -2.23. The van der Waals surface area contributed by atoms with E-state index in [1.165, 1.54) is 135 Å². The summed E-state index contributed by atoms with van der Waals surface area (Å²) in [6, 6.07) is 0. The van der Waals surface area contributed by atoms with Crippen molar-refractivity contribution >= 4 is 17.9 Å². The lowest BCUT2D eigenvalue weighted by Crippen LogP contribution is -2.33. The molecule has 73 heavy (non-hydrogen) atoms. The van der Waals surface area contributed by atoms with Gasteiger partial charge in [0.05, 0.1) is 39.1 Å². The van der Waals surface area contributed by atoms with Gasteiger partial charge in [-0.1, -0.05) is 156 Å². The summed E-state index contributed by atoms with van der Waals surface area (Å²) in [6.07, 6.45) is 42.9. The van der Waals surface area contributed by atoms with Crippen molar-refractivity contribution in [3.63, 3.8) is 0 Å². The van der Waals surface area contributed by atoms with Gasteiger partial charge in [-0.15, -0.1) is 0 Å². The molecule has 434 valence electrons. The molecule has 0 aliphatic carbocycles. The van der Waals surface area contributed by atoms with E-state index >= 15 is 0 Å². The van der Waals surface area contributed by atoms with Crippen molar-refractivity contribution in [2.75, 3.05) is 112 Å². The van der Waals surface area contributed by atoms with Crippen molar-refractivity contribution in [1.82, 2.24) is 15.1 Å². The third-order valence-electron chi connectivity index (χ3n) is 13.7. The molecule has 0 saturated carbocycles. The Morgan fingerprint density at radius 3 is 0.945 bits per heavy atom. The van der Waals surface area contributed by atoms with Crippen LogP contribution in [0.1, 0.15) is 265 Å². The van der Waals surface area contributed by atoms with Crippen molar-refractivity contribution < 1.29 is 42.8 Å². The molecule has 0 unspecified atom stereocenters. The minimum absolute atomic E-state index is 0.136. The smallest absolute Gasteiger partial charge is 0.307 e. The molecule has 0 radical (unpaired) electrons. The van der Waals surface area contributed by atoms with Gasteiger partial charge in [-0.05, 0) is 123 Å². The maximum Gasteiger partial charge on any atom is 0.307 e. The van der Waals surface area contributed by atoms with Gasteiger partial charge in [-0.2, -0.15) is 0 Å². The third-order valence-corrected chi connectivity index (χ3v) is 13.7. The Balaban J connectivity index is 4.28. The first kappa shape index (κ1) is 71.2. The van der Waals surface area contributed by atoms with E-state index < -0.39 is 0 Å². The molecule has 0 aromatic carbocycles. The van der Waals surface area contributed by atoms with Gasteiger partial charge in [0.1, 0.15) is 0 Å². The molecule has 0 bridgehead atoms. The molecule has 0 aliphatic rings. The number of ether oxygens (including phenoxy) is 6. The van der Waals surface area contributed by atoms with Gasteiger partial charge in [0.2, 0.25) is 0 Å². The fraction of sp³-hybridized carbons (Fsp3) is 0.951. The number of hydrogen-bond acceptors (Lipinski definition) is 12. The number of rotatable bonds is 62. The highest BCUT2D eigenvalue weighted by Crippen LogP contribution is 2.12. The Labute approximate surface area is 451 Å². The standard InChI is InChI=1S/C61H121N3O9/c1-5-8-11-14-17-20-23-29-50-68-53-32-26-35-56-71-59(65)40-44-62-43-38-45-63(4)46-39-47-64(48-41-60(66)72-57-36-27-33-54-69-51-30-24-21-18-15-12-9-6-2)49-42-61(67)73-58-37-28-34-55-70-52-31-25-22-19-16-13-10-7-3/h62H,5-58H2,1-4H3. The number of carbonyl (C=O) groups excluding carboxylic acids is 3. The van der Waals surface area contributed by atoms with E-state index in [0.717, 1.165) is 156 Å². The second-order valence-electron chi connectivity index (χ2n) is 21.0. The van der Waals surface area contributed by atoms with Gasteiger partial charge in [0.15, 0.2) is 0 Å². The SMILES string of the molecule is CCCCCCCCCCOCCCCCOC(=O)CCNCCCN(C)CCCN(CCC(=O)OCCCCCOCCCCCCCCCC)CCC(=O)OCCCCCOCCCCCCCCCC. The number of nitrogens with zero attached hydrogens (tertiary/aromatic N) is 2. The van der Waals surface area contributed by atoms with E-state index in [1.54, 1.807) is 0 Å². The van der Waals surface area contributed by atoms with Crippen molar-refractivity contribution in [3.8, 4) is 0 Å². The lowest BCUT2D eigenvalue weighted by molar-refractivity contribution is -0.145. The molecule has 0 aromatic heterocycles. The maximum atomic E-state index is 12.7. The average Bonchev–Trinajstić information content (AvgIpc) is 3.39. The molecule has 12 heteroatoms. The van der Waals surface area contributed by atoms with Gasteiger partial charge >= 0.3 is 17.9 Å². The second kappa shape index (κ2) is 61.0. The molecule has 0 rings (SSSR count). The zero-order chi connectivity index (χ0) is 53.0. The quantitative estimate of drug-likeness (QED) is 0.0354. The number of carbonyl (C=O) groups is 3. The predicted octanol–water partition coefficient (Wildman–Crippen LogP) is 14.4. The number of esters is 3. The molecule has 0 amide bonds. The minimum atomic E-state index is -0.182. The highest BCUT2D eigenvalue weighted by molar-refractivity contribution is 5.70. The van der Waals surface area contributed by atoms with Gasteiger partial charge in [-0.25, -0.2) is 0 Å². The normalized spacial score (nSPS) is 11.6. The highest BCUT2D eigenvalue weighted by atomic mass is 16.5. The summed E-state index contributed by atoms with van der Waals surface area (Å²) in [4.78, 5) is 42.2. The van der Waals surface area contributed by atoms with Gasteiger partial charge in [-0.3, -0.25) is 14.4 Å². The zero-order valence-corrected chi connectivity index (χ0v) is 48.8. The van der Waals surface area contributed by atoms with Crippen LogP contribution in [0.3, 0.4) is 0 Å². The van der Waals surface area contributed by atoms with Crippen molar-refractivity contribution in [2.45, 2.75) is 265 Å². The van der Waals surface area contributed by atoms with Crippen LogP contribution in [0, 0.1) is 0 Å². The fourth-order valence-corrected chi connectivity index (χ4v) is 8.84. The van der Waals surface area contributed by atoms with Crippen LogP contribution in [0.25, 0.3) is 0 Å². The number of nitrogens with one attached hydrogen (secondary N) is 1. The van der Waals surface area contributed by atoms with Gasteiger partial charge < -0.3 is 43.5 Å². The molecular formula is C61H121N3O9. The average molecular weight is 1040 g/mol. The molecular weight excluding hydrogens is 919 g/mol. The van der Waals surface area contributed by atoms with E-state index in [0.29, 0.717) is 58.7 Å². The summed E-state index contributed by atoms with van der Waals surface area (Å²) >= 11 is 0. The first-order chi connectivity index (χ1) is 35.9. The van der Waals surface area contributed by atoms with Crippen LogP contribution in [0.15, 0.2) is 0 Å². The van der Waals surface area contributed by atoms with Gasteiger partial charge in [0.25, 0.3) is 0 Å². The third kappa shape index (κ3) is 59.3. The van der Waals surface area contributed by atoms with E-state index in [2.05, 4.69) is 42.9 Å². The number of unbranched alkanes of at least 4 members (excludes halogenated alkanes) is 27. The van der Waals surface area contributed by atoms with Crippen LogP contribution >= 0.6 is 0 Å². The minimum Gasteiger partial charge on any atom is -0.466 e. The lowest BCUT2D eigenvalue weighted by atomic mass is 10.1. The Morgan fingerprint density at radius 2 is 0.589 bits per heavy atom. The predicted molar refractivity (Wildman–Crippen MR) is 305 cm³/mol. The summed E-state index contributed by atoms with van der Waals surface area (Å²) in [5, 5.41) is 3.39. The highest BCUT2D eigenvalue weighted by Gasteiger charge is 2.13. The summed E-state index contributed by atoms with van der Waals surface area (Å²) in [6.45, 7) is 18.3. The number of hydrogen-bond donors (Lipinski definition) is 1. The van der Waals surface area contributed by atoms with Crippen LogP contribution in [0.5, 0.6) is 0 Å². The molecule has 0 saturated heterocycles. The van der Waals surface area contributed by atoms with E-state index in [4.69, 9.17) is 28.4 Å². The van der Waals surface area contributed by atoms with Crippen molar-refractivity contribution in [2.24, 2.45) is 0 Å². The van der Waals surface area contributed by atoms with Crippen LogP contribution in [-0.2, 0) is 42.8 Å². The van der Waals surface area contributed by atoms with Crippen molar-refractivity contribution in [3.05, 3.63) is 0 Å². The van der Waals surface area contributed by atoms with Crippen molar-refractivity contribution in [1.29, 1.82) is 0 Å². The van der Waals surface area contributed by atoms with Crippen LogP contribution in [0.4, 0.5) is 0 Å². The molecule has 0 atom stereocenters. The molecule has 1 N–H and O–H groups in total. The maximum absolute atomic E-state index is 12.7. The Kier molecular flexibility index (Phi) is 59.5. The second-order valence-corrected chi connectivity index (χ2v) is 21.0. The van der Waals surface area contributed by atoms with Crippen LogP contribution in [-0.4, -0.2) is 140 Å². The Bertz CT molecular complexity index is 1080. The monoisotopic (exact) mass is 1040 g/mol. The molecule has 0 heterocycles. The van der Waals surface area contributed by atoms with Gasteiger partial charge in [0, 0.05) is 59.3 Å². The summed E-state index contributed by atoms with van der Waals surface area (Å²) in [5.74, 6) is -0.500. The van der Waals surface area contributed by atoms with E-state index in [9.17, 15) is 14.4 Å². The fourth-order valence-electron chi connectivity index (χ4n) is 8.84. The summed E-state index contributed by atoms with van der Waals surface area (Å²) in [7, 11) is 2.13. The Morgan fingerprint density at radius 1 is 0.301 bits per heavy atom. The molecule has 0 aliphatic heterocycles. The largest absolute Gasteiger partial charge is 0.466 e. The first-order valence-electron chi connectivity index (χ1n) is 31.2. The zero-order valence-electron chi connectivity index (χ0n) is 48.8. The summed E-state index contributed by atoms with van der Waals surface area (Å²) < 4.78 is 34.1. The summed E-state index contributed by atoms with van der Waals surface area (Å²) in [5.41, 5.74) is 0. The molecule has 0 aromatic rings. The molecule has 12 nitrogen and oxygen atoms in total. The first-order valence-corrected chi connectivity index (χ1v) is 31.2.